The van der Waals surface area contributed by atoms with Gasteiger partial charge in [-0.05, 0) is 31.5 Å². The summed E-state index contributed by atoms with van der Waals surface area (Å²) in [5.41, 5.74) is 3.31. The maximum atomic E-state index is 10.4. The largest absolute Gasteiger partial charge is 0.387 e. The molecule has 2 aromatic rings. The highest BCUT2D eigenvalue weighted by atomic mass is 16.3. The highest BCUT2D eigenvalue weighted by Crippen LogP contribution is 2.20. The number of aryl methyl sites for hydroxylation is 1. The van der Waals surface area contributed by atoms with Crippen molar-refractivity contribution < 1.29 is 5.11 Å². The molecule has 1 N–H and O–H groups in total. The van der Waals surface area contributed by atoms with Gasteiger partial charge in [-0.15, -0.1) is 0 Å². The highest BCUT2D eigenvalue weighted by Gasteiger charge is 2.12. The second kappa shape index (κ2) is 6.39. The van der Waals surface area contributed by atoms with Gasteiger partial charge in [-0.25, -0.2) is 0 Å². The smallest absolute Gasteiger partial charge is 0.0964 e. The van der Waals surface area contributed by atoms with Gasteiger partial charge in [-0.1, -0.05) is 48.0 Å². The van der Waals surface area contributed by atoms with Crippen molar-refractivity contribution in [2.75, 3.05) is 18.0 Å². The van der Waals surface area contributed by atoms with Crippen LogP contribution in [0.3, 0.4) is 0 Å². The summed E-state index contributed by atoms with van der Waals surface area (Å²) in [6.45, 7) is 5.65. The van der Waals surface area contributed by atoms with E-state index in [2.05, 4.69) is 24.0 Å². The lowest BCUT2D eigenvalue weighted by Crippen LogP contribution is -2.28. The van der Waals surface area contributed by atoms with Crippen LogP contribution in [0.4, 0.5) is 5.69 Å². The van der Waals surface area contributed by atoms with Crippen LogP contribution in [0.2, 0.25) is 0 Å². The zero-order valence-electron chi connectivity index (χ0n) is 11.6. The number of aliphatic hydroxyl groups is 1. The Morgan fingerprint density at radius 2 is 1.79 bits per heavy atom. The summed E-state index contributed by atoms with van der Waals surface area (Å²) in [6, 6.07) is 18.3. The quantitative estimate of drug-likeness (QED) is 0.883. The summed E-state index contributed by atoms with van der Waals surface area (Å²) < 4.78 is 0. The standard InChI is InChI=1S/C17H21NO/c1-3-18(16-10-5-4-6-11-16)13-17(19)15-9-7-8-14(2)12-15/h4-12,17,19H,3,13H2,1-2H3. The molecular formula is C17H21NO. The monoisotopic (exact) mass is 255 g/mol. The van der Waals surface area contributed by atoms with E-state index in [1.165, 1.54) is 5.56 Å². The molecule has 0 amide bonds. The highest BCUT2D eigenvalue weighted by molar-refractivity contribution is 5.46. The van der Waals surface area contributed by atoms with Gasteiger partial charge in [0.1, 0.15) is 0 Å². The topological polar surface area (TPSA) is 23.5 Å². The van der Waals surface area contributed by atoms with Crippen LogP contribution in [0.15, 0.2) is 54.6 Å². The van der Waals surface area contributed by atoms with Gasteiger partial charge < -0.3 is 10.0 Å². The number of likely N-dealkylation sites (N-methyl/N-ethyl adjacent to an activating group) is 1. The molecule has 2 aromatic carbocycles. The Labute approximate surface area is 115 Å². The maximum absolute atomic E-state index is 10.4. The third-order valence-electron chi connectivity index (χ3n) is 3.32. The Balaban J connectivity index is 2.10. The van der Waals surface area contributed by atoms with Crippen molar-refractivity contribution in [3.63, 3.8) is 0 Å². The third kappa shape index (κ3) is 3.58. The summed E-state index contributed by atoms with van der Waals surface area (Å²) in [5, 5.41) is 10.4. The van der Waals surface area contributed by atoms with Gasteiger partial charge in [0.05, 0.1) is 6.10 Å². The van der Waals surface area contributed by atoms with E-state index in [1.54, 1.807) is 0 Å². The van der Waals surface area contributed by atoms with Crippen LogP contribution in [0, 0.1) is 6.92 Å². The number of nitrogens with zero attached hydrogens (tertiary/aromatic N) is 1. The fourth-order valence-corrected chi connectivity index (χ4v) is 2.25. The Hall–Kier alpha value is -1.80. The first-order valence-corrected chi connectivity index (χ1v) is 6.75. The van der Waals surface area contributed by atoms with Crippen LogP contribution in [0.5, 0.6) is 0 Å². The van der Waals surface area contributed by atoms with E-state index in [-0.39, 0.29) is 0 Å². The molecule has 2 heteroatoms. The van der Waals surface area contributed by atoms with E-state index >= 15 is 0 Å². The minimum Gasteiger partial charge on any atom is -0.387 e. The van der Waals surface area contributed by atoms with Crippen LogP contribution >= 0.6 is 0 Å². The van der Waals surface area contributed by atoms with E-state index in [1.807, 2.05) is 49.4 Å². The summed E-state index contributed by atoms with van der Waals surface area (Å²) >= 11 is 0. The van der Waals surface area contributed by atoms with Crippen molar-refractivity contribution in [2.24, 2.45) is 0 Å². The first-order valence-electron chi connectivity index (χ1n) is 6.75. The Morgan fingerprint density at radius 3 is 2.42 bits per heavy atom. The van der Waals surface area contributed by atoms with E-state index in [9.17, 15) is 5.11 Å². The SMILES string of the molecule is CCN(CC(O)c1cccc(C)c1)c1ccccc1. The van der Waals surface area contributed by atoms with Gasteiger partial charge in [0, 0.05) is 18.8 Å². The van der Waals surface area contributed by atoms with Crippen molar-refractivity contribution in [1.82, 2.24) is 0 Å². The lowest BCUT2D eigenvalue weighted by atomic mass is 10.1. The zero-order chi connectivity index (χ0) is 13.7. The van der Waals surface area contributed by atoms with Crippen molar-refractivity contribution in [3.05, 3.63) is 65.7 Å². The number of hydrogen-bond donors (Lipinski definition) is 1. The molecule has 0 saturated carbocycles. The number of aliphatic hydroxyl groups excluding tert-OH is 1. The molecular weight excluding hydrogens is 234 g/mol. The van der Waals surface area contributed by atoms with Crippen molar-refractivity contribution in [3.8, 4) is 0 Å². The number of anilines is 1. The average molecular weight is 255 g/mol. The summed E-state index contributed by atoms with van der Waals surface area (Å²) in [5.74, 6) is 0. The van der Waals surface area contributed by atoms with Gasteiger partial charge >= 0.3 is 0 Å². The van der Waals surface area contributed by atoms with E-state index in [0.29, 0.717) is 6.54 Å². The number of rotatable bonds is 5. The minimum absolute atomic E-state index is 0.458. The van der Waals surface area contributed by atoms with E-state index < -0.39 is 6.10 Å². The first kappa shape index (κ1) is 13.6. The zero-order valence-corrected chi connectivity index (χ0v) is 11.6. The molecule has 1 unspecified atom stereocenters. The third-order valence-corrected chi connectivity index (χ3v) is 3.32. The molecule has 0 aromatic heterocycles. The van der Waals surface area contributed by atoms with Gasteiger partial charge in [0.2, 0.25) is 0 Å². The molecule has 19 heavy (non-hydrogen) atoms. The van der Waals surface area contributed by atoms with Crippen molar-refractivity contribution in [2.45, 2.75) is 20.0 Å². The van der Waals surface area contributed by atoms with E-state index in [0.717, 1.165) is 17.8 Å². The summed E-state index contributed by atoms with van der Waals surface area (Å²) in [6.07, 6.45) is -0.458. The molecule has 0 saturated heterocycles. The van der Waals surface area contributed by atoms with Gasteiger partial charge in [-0.3, -0.25) is 0 Å². The molecule has 1 atom stereocenters. The van der Waals surface area contributed by atoms with Gasteiger partial charge in [-0.2, -0.15) is 0 Å². The van der Waals surface area contributed by atoms with Gasteiger partial charge in [0.25, 0.3) is 0 Å². The van der Waals surface area contributed by atoms with Crippen LogP contribution in [0.1, 0.15) is 24.2 Å². The molecule has 2 nitrogen and oxygen atoms in total. The summed E-state index contributed by atoms with van der Waals surface area (Å²) in [4.78, 5) is 2.19. The average Bonchev–Trinajstić information content (AvgIpc) is 2.45. The lowest BCUT2D eigenvalue weighted by Gasteiger charge is -2.26. The molecule has 2 rings (SSSR count). The predicted octanol–water partition coefficient (Wildman–Crippen LogP) is 3.55. The molecule has 0 fully saturated rings. The molecule has 0 aliphatic heterocycles. The molecule has 0 bridgehead atoms. The van der Waals surface area contributed by atoms with E-state index in [4.69, 9.17) is 0 Å². The molecule has 0 spiro atoms. The second-order valence-corrected chi connectivity index (χ2v) is 4.80. The van der Waals surface area contributed by atoms with Crippen LogP contribution < -0.4 is 4.90 Å². The Morgan fingerprint density at radius 1 is 1.05 bits per heavy atom. The molecule has 100 valence electrons. The molecule has 0 radical (unpaired) electrons. The van der Waals surface area contributed by atoms with Crippen molar-refractivity contribution >= 4 is 5.69 Å². The Kier molecular flexibility index (Phi) is 4.58. The van der Waals surface area contributed by atoms with Crippen molar-refractivity contribution in [1.29, 1.82) is 0 Å². The maximum Gasteiger partial charge on any atom is 0.0964 e. The number of para-hydroxylation sites is 1. The normalized spacial score (nSPS) is 12.2. The lowest BCUT2D eigenvalue weighted by molar-refractivity contribution is 0.183. The molecule has 0 aliphatic carbocycles. The van der Waals surface area contributed by atoms with Crippen LogP contribution in [-0.4, -0.2) is 18.2 Å². The Bertz CT molecular complexity index is 510. The number of hydrogen-bond acceptors (Lipinski definition) is 2. The number of benzene rings is 2. The second-order valence-electron chi connectivity index (χ2n) is 4.80. The predicted molar refractivity (Wildman–Crippen MR) is 80.5 cm³/mol. The first-order chi connectivity index (χ1) is 9.20. The molecule has 0 heterocycles. The van der Waals surface area contributed by atoms with Gasteiger partial charge in [0.15, 0.2) is 0 Å². The minimum atomic E-state index is -0.458. The van der Waals surface area contributed by atoms with Crippen LogP contribution in [-0.2, 0) is 0 Å². The fraction of sp³-hybridized carbons (Fsp3) is 0.294. The van der Waals surface area contributed by atoms with Crippen LogP contribution in [0.25, 0.3) is 0 Å². The molecule has 0 aliphatic rings. The summed E-state index contributed by atoms with van der Waals surface area (Å²) in [7, 11) is 0. The fourth-order valence-electron chi connectivity index (χ4n) is 2.25.